The molecular weight excluding hydrogens is 272 g/mol. The molecule has 4 heteroatoms. The molecule has 1 aliphatic carbocycles. The van der Waals surface area contributed by atoms with Gasteiger partial charge in [-0.1, -0.05) is 15.9 Å². The average molecular weight is 293 g/mol. The minimum Gasteiger partial charge on any atom is -0.374 e. The maximum Gasteiger partial charge on any atom is 0.160 e. The molecular formula is C12H21BrO3. The topological polar surface area (TPSA) is 27.7 Å². The van der Waals surface area contributed by atoms with Crippen molar-refractivity contribution in [2.45, 2.75) is 49.8 Å². The van der Waals surface area contributed by atoms with Gasteiger partial charge in [-0.3, -0.25) is 0 Å². The molecule has 2 aliphatic rings. The van der Waals surface area contributed by atoms with Gasteiger partial charge in [0.05, 0.1) is 13.2 Å². The number of ether oxygens (including phenoxy) is 3. The summed E-state index contributed by atoms with van der Waals surface area (Å²) in [5.74, 6) is 0.580. The lowest BCUT2D eigenvalue weighted by Crippen LogP contribution is -2.42. The molecule has 1 heterocycles. The van der Waals surface area contributed by atoms with E-state index < -0.39 is 0 Å². The molecule has 16 heavy (non-hydrogen) atoms. The standard InChI is InChI=1S/C12H21BrO3/c1-2-14-11-7-15-12(16-8-11)9-3-5-10(13)6-4-9/h9-12H,2-8H2,1H3. The van der Waals surface area contributed by atoms with Crippen molar-refractivity contribution in [1.82, 2.24) is 0 Å². The molecule has 1 aliphatic heterocycles. The van der Waals surface area contributed by atoms with E-state index in [1.54, 1.807) is 0 Å². The molecule has 2 rings (SSSR count). The lowest BCUT2D eigenvalue weighted by atomic mass is 9.88. The third-order valence-corrected chi connectivity index (χ3v) is 4.30. The first-order valence-corrected chi connectivity index (χ1v) is 7.20. The summed E-state index contributed by atoms with van der Waals surface area (Å²) in [6.07, 6.45) is 5.04. The maximum absolute atomic E-state index is 5.76. The van der Waals surface area contributed by atoms with Crippen molar-refractivity contribution >= 4 is 15.9 Å². The summed E-state index contributed by atoms with van der Waals surface area (Å²) in [6, 6.07) is 0. The highest BCUT2D eigenvalue weighted by atomic mass is 79.9. The zero-order valence-corrected chi connectivity index (χ0v) is 11.4. The fourth-order valence-corrected chi connectivity index (χ4v) is 2.98. The van der Waals surface area contributed by atoms with Crippen LogP contribution in [-0.4, -0.2) is 37.0 Å². The van der Waals surface area contributed by atoms with Crippen LogP contribution in [0.3, 0.4) is 0 Å². The highest BCUT2D eigenvalue weighted by Gasteiger charge is 2.31. The zero-order chi connectivity index (χ0) is 11.4. The van der Waals surface area contributed by atoms with E-state index in [-0.39, 0.29) is 12.4 Å². The predicted molar refractivity (Wildman–Crippen MR) is 65.8 cm³/mol. The van der Waals surface area contributed by atoms with Crippen molar-refractivity contribution in [3.8, 4) is 0 Å². The minimum atomic E-state index is 0.0108. The summed E-state index contributed by atoms with van der Waals surface area (Å²) < 4.78 is 17.0. The summed E-state index contributed by atoms with van der Waals surface area (Å²) in [6.45, 7) is 4.11. The predicted octanol–water partition coefficient (Wildman–Crippen LogP) is 2.72. The van der Waals surface area contributed by atoms with Crippen molar-refractivity contribution in [3.05, 3.63) is 0 Å². The van der Waals surface area contributed by atoms with Crippen LogP contribution in [0.4, 0.5) is 0 Å². The molecule has 2 fully saturated rings. The Morgan fingerprint density at radius 1 is 1.12 bits per heavy atom. The van der Waals surface area contributed by atoms with Crippen LogP contribution in [0.25, 0.3) is 0 Å². The first-order valence-electron chi connectivity index (χ1n) is 6.28. The van der Waals surface area contributed by atoms with Crippen LogP contribution in [-0.2, 0) is 14.2 Å². The second-order valence-electron chi connectivity index (χ2n) is 4.62. The van der Waals surface area contributed by atoms with Crippen LogP contribution in [0.5, 0.6) is 0 Å². The van der Waals surface area contributed by atoms with E-state index in [2.05, 4.69) is 15.9 Å². The van der Waals surface area contributed by atoms with Crippen molar-refractivity contribution in [3.63, 3.8) is 0 Å². The number of halogens is 1. The fourth-order valence-electron chi connectivity index (χ4n) is 2.46. The van der Waals surface area contributed by atoms with Crippen molar-refractivity contribution in [1.29, 1.82) is 0 Å². The first-order chi connectivity index (χ1) is 7.79. The molecule has 3 nitrogen and oxygen atoms in total. The number of hydrogen-bond acceptors (Lipinski definition) is 3. The number of rotatable bonds is 3. The monoisotopic (exact) mass is 292 g/mol. The van der Waals surface area contributed by atoms with Gasteiger partial charge in [0.25, 0.3) is 0 Å². The van der Waals surface area contributed by atoms with E-state index in [0.717, 1.165) is 6.61 Å². The van der Waals surface area contributed by atoms with Crippen LogP contribution in [0.15, 0.2) is 0 Å². The van der Waals surface area contributed by atoms with E-state index >= 15 is 0 Å². The van der Waals surface area contributed by atoms with Gasteiger partial charge < -0.3 is 14.2 Å². The Balaban J connectivity index is 1.72. The van der Waals surface area contributed by atoms with E-state index in [1.807, 2.05) is 6.92 Å². The Labute approximate surface area is 106 Å². The van der Waals surface area contributed by atoms with Gasteiger partial charge in [-0.25, -0.2) is 0 Å². The smallest absolute Gasteiger partial charge is 0.160 e. The molecule has 0 amide bonds. The van der Waals surface area contributed by atoms with Gasteiger partial charge in [-0.05, 0) is 32.6 Å². The van der Waals surface area contributed by atoms with Gasteiger partial charge in [0.15, 0.2) is 6.29 Å². The third-order valence-electron chi connectivity index (χ3n) is 3.38. The number of alkyl halides is 1. The molecule has 0 bridgehead atoms. The Morgan fingerprint density at radius 3 is 2.31 bits per heavy atom. The molecule has 0 spiro atoms. The van der Waals surface area contributed by atoms with Crippen LogP contribution >= 0.6 is 15.9 Å². The van der Waals surface area contributed by atoms with E-state index in [0.29, 0.717) is 24.0 Å². The third kappa shape index (κ3) is 3.42. The molecule has 1 saturated heterocycles. The molecule has 0 aromatic heterocycles. The molecule has 0 radical (unpaired) electrons. The Morgan fingerprint density at radius 2 is 1.75 bits per heavy atom. The maximum atomic E-state index is 5.76. The van der Waals surface area contributed by atoms with Gasteiger partial charge in [0.1, 0.15) is 6.10 Å². The Hall–Kier alpha value is 0.360. The molecule has 94 valence electrons. The van der Waals surface area contributed by atoms with Crippen LogP contribution in [0, 0.1) is 5.92 Å². The fraction of sp³-hybridized carbons (Fsp3) is 1.00. The normalized spacial score (nSPS) is 40.9. The van der Waals surface area contributed by atoms with Gasteiger partial charge in [-0.2, -0.15) is 0 Å². The van der Waals surface area contributed by atoms with Crippen LogP contribution in [0.1, 0.15) is 32.6 Å². The molecule has 0 N–H and O–H groups in total. The van der Waals surface area contributed by atoms with Gasteiger partial charge in [0, 0.05) is 17.4 Å². The minimum absolute atomic E-state index is 0.0108. The summed E-state index contributed by atoms with van der Waals surface area (Å²) in [7, 11) is 0. The summed E-state index contributed by atoms with van der Waals surface area (Å²) in [4.78, 5) is 0.698. The quantitative estimate of drug-likeness (QED) is 0.749. The first kappa shape index (κ1) is 12.8. The zero-order valence-electron chi connectivity index (χ0n) is 9.86. The molecule has 1 saturated carbocycles. The lowest BCUT2D eigenvalue weighted by Gasteiger charge is -2.36. The van der Waals surface area contributed by atoms with E-state index in [1.165, 1.54) is 25.7 Å². The Kier molecular flexibility index (Phi) is 5.07. The summed E-state index contributed by atoms with van der Waals surface area (Å²) in [5.41, 5.74) is 0. The highest BCUT2D eigenvalue weighted by molar-refractivity contribution is 9.09. The van der Waals surface area contributed by atoms with Crippen LogP contribution in [0.2, 0.25) is 0 Å². The van der Waals surface area contributed by atoms with Crippen molar-refractivity contribution in [2.75, 3.05) is 19.8 Å². The molecule has 0 aromatic carbocycles. The SMILES string of the molecule is CCOC1COC(C2CCC(Br)CC2)OC1. The van der Waals surface area contributed by atoms with Gasteiger partial charge >= 0.3 is 0 Å². The van der Waals surface area contributed by atoms with Crippen LogP contribution < -0.4 is 0 Å². The summed E-state index contributed by atoms with van der Waals surface area (Å²) >= 11 is 3.67. The van der Waals surface area contributed by atoms with E-state index in [9.17, 15) is 0 Å². The van der Waals surface area contributed by atoms with Crippen molar-refractivity contribution in [2.24, 2.45) is 5.92 Å². The lowest BCUT2D eigenvalue weighted by molar-refractivity contribution is -0.248. The van der Waals surface area contributed by atoms with Gasteiger partial charge in [0.2, 0.25) is 0 Å². The van der Waals surface area contributed by atoms with Crippen molar-refractivity contribution < 1.29 is 14.2 Å². The van der Waals surface area contributed by atoms with E-state index in [4.69, 9.17) is 14.2 Å². The molecule has 0 unspecified atom stereocenters. The largest absolute Gasteiger partial charge is 0.374 e. The highest BCUT2D eigenvalue weighted by Crippen LogP contribution is 2.33. The second kappa shape index (κ2) is 6.34. The van der Waals surface area contributed by atoms with Gasteiger partial charge in [-0.15, -0.1) is 0 Å². The summed E-state index contributed by atoms with van der Waals surface area (Å²) in [5, 5.41) is 0. The molecule has 0 atom stereocenters. The number of hydrogen-bond donors (Lipinski definition) is 0. The molecule has 0 aromatic rings. The Bertz CT molecular complexity index is 196. The second-order valence-corrected chi connectivity index (χ2v) is 5.92. The average Bonchev–Trinajstić information content (AvgIpc) is 2.32.